The van der Waals surface area contributed by atoms with Crippen LogP contribution in [0.1, 0.15) is 56.8 Å². The summed E-state index contributed by atoms with van der Waals surface area (Å²) in [7, 11) is 0. The van der Waals surface area contributed by atoms with Gasteiger partial charge in [-0.1, -0.05) is 42.5 Å². The minimum absolute atomic E-state index is 0.0253. The zero-order valence-corrected chi connectivity index (χ0v) is 15.5. The van der Waals surface area contributed by atoms with Crippen LogP contribution >= 0.6 is 0 Å². The van der Waals surface area contributed by atoms with Crippen molar-refractivity contribution in [3.05, 3.63) is 71.5 Å². The number of hydrogen-bond acceptors (Lipinski definition) is 3. The predicted molar refractivity (Wildman–Crippen MR) is 101 cm³/mol. The Bertz CT molecular complexity index is 647. The summed E-state index contributed by atoms with van der Waals surface area (Å²) in [5, 5.41) is 0. The Morgan fingerprint density at radius 2 is 1.60 bits per heavy atom. The summed E-state index contributed by atoms with van der Waals surface area (Å²) in [6.45, 7) is 10.1. The third-order valence-electron chi connectivity index (χ3n) is 4.55. The van der Waals surface area contributed by atoms with Crippen molar-refractivity contribution in [1.29, 1.82) is 0 Å². The lowest BCUT2D eigenvalue weighted by Crippen LogP contribution is -2.28. The molecule has 134 valence electrons. The van der Waals surface area contributed by atoms with Crippen molar-refractivity contribution in [1.82, 2.24) is 0 Å². The van der Waals surface area contributed by atoms with E-state index in [0.717, 1.165) is 37.0 Å². The van der Waals surface area contributed by atoms with Crippen molar-refractivity contribution < 1.29 is 14.3 Å². The topological polar surface area (TPSA) is 35.5 Å². The van der Waals surface area contributed by atoms with E-state index in [1.807, 2.05) is 32.0 Å². The molecule has 1 aromatic rings. The molecular weight excluding hydrogens is 312 g/mol. The molecule has 0 heterocycles. The third-order valence-corrected chi connectivity index (χ3v) is 4.55. The van der Waals surface area contributed by atoms with Crippen LogP contribution in [0.25, 0.3) is 0 Å². The summed E-state index contributed by atoms with van der Waals surface area (Å²) < 4.78 is 11.6. The van der Waals surface area contributed by atoms with Gasteiger partial charge in [0.05, 0.1) is 11.7 Å². The molecule has 0 aromatic heterocycles. The Morgan fingerprint density at radius 3 is 2.16 bits per heavy atom. The first-order valence-corrected chi connectivity index (χ1v) is 8.92. The molecule has 0 spiro atoms. The van der Waals surface area contributed by atoms with Gasteiger partial charge in [0, 0.05) is 0 Å². The highest BCUT2D eigenvalue weighted by Crippen LogP contribution is 2.27. The molecule has 0 amide bonds. The maximum absolute atomic E-state index is 12.1. The number of ether oxygens (including phenoxy) is 2. The average molecular weight is 340 g/mol. The first kappa shape index (κ1) is 19.0. The van der Waals surface area contributed by atoms with Gasteiger partial charge in [-0.05, 0) is 64.2 Å². The number of benzene rings is 1. The van der Waals surface area contributed by atoms with Gasteiger partial charge in [-0.2, -0.15) is 0 Å². The Hall–Kier alpha value is -2.29. The number of carbonyl (C=O) groups excluding carboxylic acids is 1. The monoisotopic (exact) mass is 340 g/mol. The molecule has 0 N–H and O–H groups in total. The second-order valence-corrected chi connectivity index (χ2v) is 6.57. The van der Waals surface area contributed by atoms with Gasteiger partial charge in [-0.15, -0.1) is 0 Å². The Morgan fingerprint density at radius 1 is 1.04 bits per heavy atom. The molecule has 0 bridgehead atoms. The minimum Gasteiger partial charge on any atom is -0.491 e. The van der Waals surface area contributed by atoms with E-state index in [2.05, 4.69) is 25.7 Å². The molecule has 1 aliphatic rings. The highest BCUT2D eigenvalue weighted by atomic mass is 16.5. The van der Waals surface area contributed by atoms with Gasteiger partial charge in [0.1, 0.15) is 11.9 Å². The molecule has 3 nitrogen and oxygen atoms in total. The maximum atomic E-state index is 12.1. The number of carbonyl (C=O) groups is 1. The second-order valence-electron chi connectivity index (χ2n) is 6.57. The van der Waals surface area contributed by atoms with Crippen LogP contribution in [0, 0.1) is 0 Å². The van der Waals surface area contributed by atoms with Gasteiger partial charge < -0.3 is 9.47 Å². The average Bonchev–Trinajstić information content (AvgIpc) is 2.63. The summed E-state index contributed by atoms with van der Waals surface area (Å²) in [5.41, 5.74) is 2.85. The predicted octanol–water partition coefficient (Wildman–Crippen LogP) is 5.60. The Labute approximate surface area is 151 Å². The van der Waals surface area contributed by atoms with Crippen molar-refractivity contribution in [3.63, 3.8) is 0 Å². The highest BCUT2D eigenvalue weighted by Gasteiger charge is 2.25. The molecule has 3 heteroatoms. The lowest BCUT2D eigenvalue weighted by atomic mass is 9.94. The van der Waals surface area contributed by atoms with Crippen LogP contribution in [-0.4, -0.2) is 18.2 Å². The van der Waals surface area contributed by atoms with E-state index in [-0.39, 0.29) is 18.2 Å². The molecule has 1 fully saturated rings. The van der Waals surface area contributed by atoms with Gasteiger partial charge in [0.15, 0.2) is 0 Å². The lowest BCUT2D eigenvalue weighted by molar-refractivity contribution is -0.00126. The second kappa shape index (κ2) is 9.26. The molecule has 2 rings (SSSR count). The molecule has 0 radical (unpaired) electrons. The summed E-state index contributed by atoms with van der Waals surface area (Å²) in [4.78, 5) is 12.1. The van der Waals surface area contributed by atoms with Crippen LogP contribution in [0.2, 0.25) is 0 Å². The summed E-state index contributed by atoms with van der Waals surface area (Å²) in [6, 6.07) is 9.14. The van der Waals surface area contributed by atoms with Crippen LogP contribution in [0.3, 0.4) is 0 Å². The molecule has 0 atom stereocenters. The van der Waals surface area contributed by atoms with Crippen LogP contribution in [0.4, 0.5) is 0 Å². The summed E-state index contributed by atoms with van der Waals surface area (Å²) >= 11 is 0. The number of esters is 1. The van der Waals surface area contributed by atoms with E-state index >= 15 is 0 Å². The van der Waals surface area contributed by atoms with Gasteiger partial charge in [-0.25, -0.2) is 4.79 Å². The Balaban J connectivity index is 1.79. The SMILES string of the molecule is C=C(OC1CCC(OC(=O)c2ccccc2)CC1)/C(C)=C/C(C)=C\C. The molecule has 25 heavy (non-hydrogen) atoms. The zero-order chi connectivity index (χ0) is 18.2. The number of allylic oxidation sites excluding steroid dienone is 4. The van der Waals surface area contributed by atoms with E-state index in [1.165, 1.54) is 5.57 Å². The Kier molecular flexibility index (Phi) is 7.05. The smallest absolute Gasteiger partial charge is 0.338 e. The van der Waals surface area contributed by atoms with Crippen LogP contribution < -0.4 is 0 Å². The normalized spacial score (nSPS) is 21.6. The van der Waals surface area contributed by atoms with Crippen molar-refractivity contribution in [2.75, 3.05) is 0 Å². The van der Waals surface area contributed by atoms with Crippen molar-refractivity contribution in [2.45, 2.75) is 58.7 Å². The molecular formula is C22H28O3. The van der Waals surface area contributed by atoms with E-state index in [4.69, 9.17) is 9.47 Å². The molecule has 1 saturated carbocycles. The van der Waals surface area contributed by atoms with E-state index in [9.17, 15) is 4.79 Å². The molecule has 1 aliphatic carbocycles. The minimum atomic E-state index is -0.241. The van der Waals surface area contributed by atoms with Gasteiger partial charge >= 0.3 is 5.97 Å². The van der Waals surface area contributed by atoms with Gasteiger partial charge in [-0.3, -0.25) is 0 Å². The van der Waals surface area contributed by atoms with Crippen LogP contribution in [0.5, 0.6) is 0 Å². The van der Waals surface area contributed by atoms with Crippen molar-refractivity contribution in [3.8, 4) is 0 Å². The lowest BCUT2D eigenvalue weighted by Gasteiger charge is -2.29. The third kappa shape index (κ3) is 5.93. The molecule has 0 unspecified atom stereocenters. The first-order valence-electron chi connectivity index (χ1n) is 8.92. The number of rotatable bonds is 6. The fraction of sp³-hybridized carbons (Fsp3) is 0.409. The van der Waals surface area contributed by atoms with Gasteiger partial charge in [0.25, 0.3) is 0 Å². The van der Waals surface area contributed by atoms with Crippen LogP contribution in [-0.2, 0) is 9.47 Å². The molecule has 1 aromatic carbocycles. The fourth-order valence-electron chi connectivity index (χ4n) is 2.86. The summed E-state index contributed by atoms with van der Waals surface area (Å²) in [5.74, 6) is 0.487. The summed E-state index contributed by atoms with van der Waals surface area (Å²) in [6.07, 6.45) is 7.67. The maximum Gasteiger partial charge on any atom is 0.338 e. The van der Waals surface area contributed by atoms with Crippen molar-refractivity contribution >= 4 is 5.97 Å². The largest absolute Gasteiger partial charge is 0.491 e. The van der Waals surface area contributed by atoms with E-state index in [0.29, 0.717) is 5.56 Å². The molecule has 0 saturated heterocycles. The standard InChI is InChI=1S/C22H28O3/c1-5-16(2)15-17(3)18(4)24-20-11-13-21(14-12-20)25-22(23)19-9-7-6-8-10-19/h5-10,15,20-21H,4,11-14H2,1-3H3/b16-5-,17-15+. The number of hydrogen-bond donors (Lipinski definition) is 0. The van der Waals surface area contributed by atoms with Gasteiger partial charge in [0.2, 0.25) is 0 Å². The fourth-order valence-corrected chi connectivity index (χ4v) is 2.86. The highest BCUT2D eigenvalue weighted by molar-refractivity contribution is 5.89. The van der Waals surface area contributed by atoms with Crippen LogP contribution in [0.15, 0.2) is 66.0 Å². The van der Waals surface area contributed by atoms with E-state index in [1.54, 1.807) is 12.1 Å². The zero-order valence-electron chi connectivity index (χ0n) is 15.5. The van der Waals surface area contributed by atoms with E-state index < -0.39 is 0 Å². The quantitative estimate of drug-likeness (QED) is 0.384. The first-order chi connectivity index (χ1) is 12.0. The van der Waals surface area contributed by atoms with Crippen molar-refractivity contribution in [2.24, 2.45) is 0 Å². The molecule has 0 aliphatic heterocycles.